The minimum atomic E-state index is -0.0904. The standard InChI is InChI=1S/C6H5BrClNO/c7-4-1-5(9-3-4)6(10)2-8/h1,3,9H,2H2. The number of ketones is 1. The van der Waals surface area contributed by atoms with Crippen LogP contribution in [0, 0.1) is 0 Å². The lowest BCUT2D eigenvalue weighted by Gasteiger charge is -1.86. The Kier molecular flexibility index (Phi) is 2.51. The summed E-state index contributed by atoms with van der Waals surface area (Å²) in [5.41, 5.74) is 0.543. The Balaban J connectivity index is 2.85. The zero-order valence-corrected chi connectivity index (χ0v) is 7.37. The summed E-state index contributed by atoms with van der Waals surface area (Å²) >= 11 is 8.51. The molecule has 0 saturated carbocycles. The monoisotopic (exact) mass is 221 g/mol. The van der Waals surface area contributed by atoms with Crippen molar-refractivity contribution in [2.75, 3.05) is 5.88 Å². The molecule has 10 heavy (non-hydrogen) atoms. The van der Waals surface area contributed by atoms with Crippen LogP contribution in [0.1, 0.15) is 10.5 Å². The lowest BCUT2D eigenvalue weighted by molar-refractivity contribution is 0.101. The van der Waals surface area contributed by atoms with Crippen LogP contribution in [0.2, 0.25) is 0 Å². The number of aromatic nitrogens is 1. The Morgan fingerprint density at radius 2 is 2.50 bits per heavy atom. The van der Waals surface area contributed by atoms with E-state index < -0.39 is 0 Å². The maximum atomic E-state index is 10.8. The van der Waals surface area contributed by atoms with Gasteiger partial charge in [-0.1, -0.05) is 0 Å². The fourth-order valence-electron chi connectivity index (χ4n) is 0.601. The van der Waals surface area contributed by atoms with Gasteiger partial charge >= 0.3 is 0 Å². The maximum absolute atomic E-state index is 10.8. The van der Waals surface area contributed by atoms with Gasteiger partial charge in [-0.15, -0.1) is 11.6 Å². The number of nitrogens with one attached hydrogen (secondary N) is 1. The average Bonchev–Trinajstić information content (AvgIpc) is 2.34. The summed E-state index contributed by atoms with van der Waals surface area (Å²) in [7, 11) is 0. The summed E-state index contributed by atoms with van der Waals surface area (Å²) in [5, 5.41) is 0. The molecule has 0 aliphatic carbocycles. The van der Waals surface area contributed by atoms with Crippen molar-refractivity contribution in [2.24, 2.45) is 0 Å². The number of halogens is 2. The van der Waals surface area contributed by atoms with Crippen molar-refractivity contribution in [3.8, 4) is 0 Å². The van der Waals surface area contributed by atoms with Gasteiger partial charge in [0.2, 0.25) is 0 Å². The SMILES string of the molecule is O=C(CCl)c1cc(Br)c[nH]1. The molecule has 0 spiro atoms. The number of hydrogen-bond acceptors (Lipinski definition) is 1. The van der Waals surface area contributed by atoms with Gasteiger partial charge < -0.3 is 4.98 Å². The highest BCUT2D eigenvalue weighted by molar-refractivity contribution is 9.10. The molecule has 1 rings (SSSR count). The molecule has 0 aliphatic heterocycles. The molecule has 0 radical (unpaired) electrons. The van der Waals surface area contributed by atoms with Gasteiger partial charge in [-0.2, -0.15) is 0 Å². The molecule has 0 amide bonds. The van der Waals surface area contributed by atoms with E-state index in [9.17, 15) is 4.79 Å². The Morgan fingerprint density at radius 1 is 1.80 bits per heavy atom. The first-order chi connectivity index (χ1) is 4.74. The van der Waals surface area contributed by atoms with E-state index >= 15 is 0 Å². The fourth-order valence-corrected chi connectivity index (χ4v) is 1.09. The minimum Gasteiger partial charge on any atom is -0.358 e. The maximum Gasteiger partial charge on any atom is 0.193 e. The molecule has 1 heterocycles. The molecule has 1 N–H and O–H groups in total. The van der Waals surface area contributed by atoms with Crippen LogP contribution in [0.5, 0.6) is 0 Å². The highest BCUT2D eigenvalue weighted by Crippen LogP contribution is 2.10. The first-order valence-corrected chi connectivity index (χ1v) is 4.00. The number of Topliss-reactive ketones (excluding diaryl/α,β-unsaturated/α-hetero) is 1. The second-order valence-corrected chi connectivity index (χ2v) is 2.97. The lowest BCUT2D eigenvalue weighted by Crippen LogP contribution is -1.99. The van der Waals surface area contributed by atoms with Crippen LogP contribution in [0.4, 0.5) is 0 Å². The van der Waals surface area contributed by atoms with E-state index in [1.807, 2.05) is 0 Å². The summed E-state index contributed by atoms with van der Waals surface area (Å²) < 4.78 is 0.862. The van der Waals surface area contributed by atoms with Crippen LogP contribution in [0.3, 0.4) is 0 Å². The zero-order chi connectivity index (χ0) is 7.56. The van der Waals surface area contributed by atoms with Crippen molar-refractivity contribution in [2.45, 2.75) is 0 Å². The van der Waals surface area contributed by atoms with E-state index in [2.05, 4.69) is 20.9 Å². The Hall–Kier alpha value is -0.280. The molecule has 1 aromatic rings. The number of alkyl halides is 1. The van der Waals surface area contributed by atoms with Crippen molar-refractivity contribution < 1.29 is 4.79 Å². The Labute approximate surface area is 71.7 Å². The van der Waals surface area contributed by atoms with Crippen LogP contribution >= 0.6 is 27.5 Å². The summed E-state index contributed by atoms with van der Waals surface area (Å²) in [5.74, 6) is -0.0696. The quantitative estimate of drug-likeness (QED) is 0.604. The predicted octanol–water partition coefficient (Wildman–Crippen LogP) is 2.20. The van der Waals surface area contributed by atoms with Gasteiger partial charge in [-0.05, 0) is 22.0 Å². The molecule has 4 heteroatoms. The minimum absolute atomic E-state index is 0.0208. The summed E-state index contributed by atoms with van der Waals surface area (Å²) in [6, 6.07) is 1.70. The van der Waals surface area contributed by atoms with Gasteiger partial charge in [0.05, 0.1) is 11.6 Å². The second kappa shape index (κ2) is 3.21. The van der Waals surface area contributed by atoms with E-state index in [-0.39, 0.29) is 11.7 Å². The Morgan fingerprint density at radius 3 is 2.90 bits per heavy atom. The van der Waals surface area contributed by atoms with Gasteiger partial charge in [-0.25, -0.2) is 0 Å². The molecule has 0 unspecified atom stereocenters. The predicted molar refractivity (Wildman–Crippen MR) is 43.5 cm³/mol. The van der Waals surface area contributed by atoms with E-state index in [1.165, 1.54) is 0 Å². The molecule has 0 bridgehead atoms. The molecule has 1 aromatic heterocycles. The molecule has 54 valence electrons. The van der Waals surface area contributed by atoms with Gasteiger partial charge in [0.1, 0.15) is 0 Å². The fraction of sp³-hybridized carbons (Fsp3) is 0.167. The third-order valence-electron chi connectivity index (χ3n) is 1.07. The summed E-state index contributed by atoms with van der Waals surface area (Å²) in [6.07, 6.45) is 1.69. The van der Waals surface area contributed by atoms with Crippen molar-refractivity contribution in [3.63, 3.8) is 0 Å². The molecule has 0 atom stereocenters. The van der Waals surface area contributed by atoms with Gasteiger partial charge in [-0.3, -0.25) is 4.79 Å². The molecule has 2 nitrogen and oxygen atoms in total. The van der Waals surface area contributed by atoms with Crippen molar-refractivity contribution in [1.29, 1.82) is 0 Å². The largest absolute Gasteiger partial charge is 0.358 e. The normalized spacial score (nSPS) is 9.80. The number of carbonyl (C=O) groups is 1. The first-order valence-electron chi connectivity index (χ1n) is 2.67. The Bertz CT molecular complexity index is 246. The van der Waals surface area contributed by atoms with E-state index in [0.29, 0.717) is 5.69 Å². The highest BCUT2D eigenvalue weighted by Gasteiger charge is 2.04. The number of carbonyl (C=O) groups excluding carboxylic acids is 1. The van der Waals surface area contributed by atoms with Crippen LogP contribution in [0.15, 0.2) is 16.7 Å². The van der Waals surface area contributed by atoms with Crippen molar-refractivity contribution >= 4 is 33.3 Å². The molecule has 0 fully saturated rings. The summed E-state index contributed by atoms with van der Waals surface area (Å²) in [4.78, 5) is 13.6. The molecule has 0 aliphatic rings. The number of aromatic amines is 1. The highest BCUT2D eigenvalue weighted by atomic mass is 79.9. The number of hydrogen-bond donors (Lipinski definition) is 1. The first kappa shape index (κ1) is 7.82. The van der Waals surface area contributed by atoms with Crippen molar-refractivity contribution in [1.82, 2.24) is 4.98 Å². The zero-order valence-electron chi connectivity index (χ0n) is 5.03. The molecular formula is C6H5BrClNO. The smallest absolute Gasteiger partial charge is 0.193 e. The third kappa shape index (κ3) is 1.61. The molecular weight excluding hydrogens is 217 g/mol. The second-order valence-electron chi connectivity index (χ2n) is 1.79. The van der Waals surface area contributed by atoms with Crippen LogP contribution in [-0.4, -0.2) is 16.6 Å². The van der Waals surface area contributed by atoms with E-state index in [4.69, 9.17) is 11.6 Å². The van der Waals surface area contributed by atoms with Crippen LogP contribution in [0.25, 0.3) is 0 Å². The number of rotatable bonds is 2. The molecule has 0 aromatic carbocycles. The van der Waals surface area contributed by atoms with Crippen molar-refractivity contribution in [3.05, 3.63) is 22.4 Å². The average molecular weight is 222 g/mol. The van der Waals surface area contributed by atoms with Gasteiger partial charge in [0, 0.05) is 10.7 Å². The lowest BCUT2D eigenvalue weighted by atomic mass is 10.3. The van der Waals surface area contributed by atoms with E-state index in [0.717, 1.165) is 4.47 Å². The molecule has 0 saturated heterocycles. The number of H-pyrrole nitrogens is 1. The van der Waals surface area contributed by atoms with Crippen LogP contribution in [-0.2, 0) is 0 Å². The van der Waals surface area contributed by atoms with Gasteiger partial charge in [0.15, 0.2) is 5.78 Å². The topological polar surface area (TPSA) is 32.9 Å². The third-order valence-corrected chi connectivity index (χ3v) is 1.77. The summed E-state index contributed by atoms with van der Waals surface area (Å²) in [6.45, 7) is 0. The van der Waals surface area contributed by atoms with E-state index in [1.54, 1.807) is 12.3 Å². The van der Waals surface area contributed by atoms with Gasteiger partial charge in [0.25, 0.3) is 0 Å². The van der Waals surface area contributed by atoms with Crippen LogP contribution < -0.4 is 0 Å².